The van der Waals surface area contributed by atoms with Gasteiger partial charge in [-0.05, 0) is 18.2 Å². The number of hydrogen-bond acceptors (Lipinski definition) is 3. The summed E-state index contributed by atoms with van der Waals surface area (Å²) in [5.74, 6) is -0.424. The normalized spacial score (nSPS) is 8.67. The molecule has 0 aliphatic heterocycles. The maximum Gasteiger partial charge on any atom is 0.337 e. The van der Waals surface area contributed by atoms with E-state index in [1.165, 1.54) is 13.2 Å². The van der Waals surface area contributed by atoms with E-state index in [0.29, 0.717) is 11.1 Å². The molecule has 0 N–H and O–H groups in total. The van der Waals surface area contributed by atoms with Gasteiger partial charge in [-0.15, -0.1) is 0 Å². The molecule has 0 saturated carbocycles. The highest BCUT2D eigenvalue weighted by molar-refractivity contribution is 5.89. The minimum absolute atomic E-state index is 0.400. The summed E-state index contributed by atoms with van der Waals surface area (Å²) in [4.78, 5) is 10.9. The van der Waals surface area contributed by atoms with E-state index in [1.807, 2.05) is 6.07 Å². The first-order valence-electron chi connectivity index (χ1n) is 3.36. The van der Waals surface area contributed by atoms with Crippen molar-refractivity contribution in [2.24, 2.45) is 0 Å². The molecular formula is C9H7NO2. The van der Waals surface area contributed by atoms with Crippen LogP contribution in [0.5, 0.6) is 0 Å². The van der Waals surface area contributed by atoms with Crippen LogP contribution in [-0.4, -0.2) is 13.1 Å². The molecule has 0 radical (unpaired) electrons. The topological polar surface area (TPSA) is 50.1 Å². The van der Waals surface area contributed by atoms with Crippen LogP contribution in [0.15, 0.2) is 24.3 Å². The molecule has 0 aliphatic carbocycles. The summed E-state index contributed by atoms with van der Waals surface area (Å²) in [6.45, 7) is 0. The van der Waals surface area contributed by atoms with Crippen molar-refractivity contribution in [2.75, 3.05) is 7.11 Å². The number of nitriles is 1. The molecule has 0 saturated heterocycles. The Hall–Kier alpha value is -1.82. The fourth-order valence-corrected chi connectivity index (χ4v) is 0.834. The van der Waals surface area contributed by atoms with Crippen LogP contribution in [0.25, 0.3) is 0 Å². The predicted molar refractivity (Wildman–Crippen MR) is 42.5 cm³/mol. The lowest BCUT2D eigenvalue weighted by Gasteiger charge is -1.97. The molecule has 0 aliphatic rings. The Kier molecular flexibility index (Phi) is 2.44. The Labute approximate surface area is 70.2 Å². The van der Waals surface area contributed by atoms with Gasteiger partial charge in [0.15, 0.2) is 0 Å². The summed E-state index contributed by atoms with van der Waals surface area (Å²) in [7, 11) is 1.31. The lowest BCUT2D eigenvalue weighted by atomic mass is 10.1. The summed E-state index contributed by atoms with van der Waals surface area (Å²) in [6.07, 6.45) is 0. The highest BCUT2D eigenvalue weighted by Crippen LogP contribution is 2.04. The molecule has 0 unspecified atom stereocenters. The zero-order valence-electron chi connectivity index (χ0n) is 6.57. The lowest BCUT2D eigenvalue weighted by molar-refractivity contribution is 0.0600. The van der Waals surface area contributed by atoms with Gasteiger partial charge in [-0.1, -0.05) is 6.07 Å². The van der Waals surface area contributed by atoms with E-state index in [-0.39, 0.29) is 0 Å². The molecule has 0 aromatic heterocycles. The molecule has 1 aromatic rings. The van der Waals surface area contributed by atoms with Crippen molar-refractivity contribution in [3.63, 3.8) is 0 Å². The molecule has 0 amide bonds. The van der Waals surface area contributed by atoms with Crippen molar-refractivity contribution in [2.45, 2.75) is 0 Å². The van der Waals surface area contributed by atoms with Crippen molar-refractivity contribution >= 4 is 5.97 Å². The largest absolute Gasteiger partial charge is 0.465 e. The molecule has 3 nitrogen and oxygen atoms in total. The maximum atomic E-state index is 10.9. The van der Waals surface area contributed by atoms with Gasteiger partial charge in [0, 0.05) is 0 Å². The molecule has 0 atom stereocenters. The number of esters is 1. The number of carbonyl (C=O) groups excluding carboxylic acids is 1. The van der Waals surface area contributed by atoms with Gasteiger partial charge < -0.3 is 4.74 Å². The molecule has 1 rings (SSSR count). The van der Waals surface area contributed by atoms with Gasteiger partial charge in [-0.3, -0.25) is 0 Å². The zero-order chi connectivity index (χ0) is 8.97. The minimum atomic E-state index is -0.424. The standard InChI is InChI=1S/C9H7NO2/c1-12-9(11)8-4-2-3-7(5-8)6-10/h2-5H,1H3. The summed E-state index contributed by atoms with van der Waals surface area (Å²) in [5.41, 5.74) is 0.856. The van der Waals surface area contributed by atoms with Crippen LogP contribution in [0, 0.1) is 11.3 Å². The number of rotatable bonds is 1. The van der Waals surface area contributed by atoms with Gasteiger partial charge in [0.2, 0.25) is 0 Å². The fourth-order valence-electron chi connectivity index (χ4n) is 0.834. The van der Waals surface area contributed by atoms with Gasteiger partial charge in [0.25, 0.3) is 0 Å². The second kappa shape index (κ2) is 3.54. The zero-order valence-corrected chi connectivity index (χ0v) is 6.57. The Morgan fingerprint density at radius 1 is 1.58 bits per heavy atom. The molecular weight excluding hydrogens is 154 g/mol. The van der Waals surface area contributed by atoms with Gasteiger partial charge in [0.05, 0.1) is 24.3 Å². The van der Waals surface area contributed by atoms with E-state index in [0.717, 1.165) is 0 Å². The van der Waals surface area contributed by atoms with Gasteiger partial charge in [-0.2, -0.15) is 5.26 Å². The Morgan fingerprint density at radius 2 is 2.33 bits per heavy atom. The van der Waals surface area contributed by atoms with Crippen molar-refractivity contribution in [3.05, 3.63) is 35.4 Å². The number of hydrogen-bond donors (Lipinski definition) is 0. The summed E-state index contributed by atoms with van der Waals surface area (Å²) < 4.78 is 4.49. The van der Waals surface area contributed by atoms with Crippen molar-refractivity contribution in [1.82, 2.24) is 0 Å². The number of nitrogens with zero attached hydrogens (tertiary/aromatic N) is 1. The monoisotopic (exact) mass is 161 g/mol. The van der Waals surface area contributed by atoms with Crippen LogP contribution in [0.4, 0.5) is 0 Å². The van der Waals surface area contributed by atoms with E-state index in [9.17, 15) is 4.79 Å². The third-order valence-electron chi connectivity index (χ3n) is 1.41. The summed E-state index contributed by atoms with van der Waals surface area (Å²) in [5, 5.41) is 8.51. The van der Waals surface area contributed by atoms with Crippen molar-refractivity contribution in [1.29, 1.82) is 5.26 Å². The average molecular weight is 161 g/mol. The molecule has 0 heterocycles. The molecule has 1 aromatic carbocycles. The highest BCUT2D eigenvalue weighted by atomic mass is 16.5. The molecule has 12 heavy (non-hydrogen) atoms. The summed E-state index contributed by atoms with van der Waals surface area (Å²) in [6, 6.07) is 8.31. The number of methoxy groups -OCH3 is 1. The second-order valence-corrected chi connectivity index (χ2v) is 2.18. The quantitative estimate of drug-likeness (QED) is 0.584. The van der Waals surface area contributed by atoms with Crippen LogP contribution >= 0.6 is 0 Å². The Bertz CT molecular complexity index is 339. The van der Waals surface area contributed by atoms with E-state index < -0.39 is 5.97 Å². The van der Waals surface area contributed by atoms with Gasteiger partial charge in [-0.25, -0.2) is 4.79 Å². The van der Waals surface area contributed by atoms with Crippen LogP contribution in [0.3, 0.4) is 0 Å². The first-order chi connectivity index (χ1) is 5.77. The molecule has 0 fully saturated rings. The second-order valence-electron chi connectivity index (χ2n) is 2.18. The maximum absolute atomic E-state index is 10.9. The minimum Gasteiger partial charge on any atom is -0.465 e. The van der Waals surface area contributed by atoms with Crippen LogP contribution in [0.2, 0.25) is 0 Å². The Balaban J connectivity index is 3.04. The van der Waals surface area contributed by atoms with Crippen LogP contribution < -0.4 is 0 Å². The van der Waals surface area contributed by atoms with Crippen molar-refractivity contribution < 1.29 is 9.53 Å². The van der Waals surface area contributed by atoms with E-state index in [1.54, 1.807) is 18.2 Å². The smallest absolute Gasteiger partial charge is 0.337 e. The van der Waals surface area contributed by atoms with Crippen LogP contribution in [-0.2, 0) is 4.74 Å². The molecule has 3 heteroatoms. The average Bonchev–Trinajstić information content (AvgIpc) is 2.17. The first-order valence-corrected chi connectivity index (χ1v) is 3.36. The third kappa shape index (κ3) is 1.61. The van der Waals surface area contributed by atoms with Gasteiger partial charge >= 0.3 is 5.97 Å². The molecule has 0 bridgehead atoms. The van der Waals surface area contributed by atoms with E-state index >= 15 is 0 Å². The molecule has 0 spiro atoms. The van der Waals surface area contributed by atoms with Gasteiger partial charge in [0.1, 0.15) is 0 Å². The summed E-state index contributed by atoms with van der Waals surface area (Å²) >= 11 is 0. The van der Waals surface area contributed by atoms with Crippen LogP contribution in [0.1, 0.15) is 15.9 Å². The highest BCUT2D eigenvalue weighted by Gasteiger charge is 2.04. The number of ether oxygens (including phenoxy) is 1. The number of benzene rings is 1. The van der Waals surface area contributed by atoms with Crippen molar-refractivity contribution in [3.8, 4) is 6.07 Å². The SMILES string of the molecule is COC(=O)c1cccc(C#N)c1. The third-order valence-corrected chi connectivity index (χ3v) is 1.41. The van der Waals surface area contributed by atoms with E-state index in [2.05, 4.69) is 4.74 Å². The predicted octanol–water partition coefficient (Wildman–Crippen LogP) is 1.34. The lowest BCUT2D eigenvalue weighted by Crippen LogP contribution is -2.00. The molecule has 60 valence electrons. The van der Waals surface area contributed by atoms with E-state index in [4.69, 9.17) is 5.26 Å². The fraction of sp³-hybridized carbons (Fsp3) is 0.111. The first kappa shape index (κ1) is 8.28. The number of carbonyl (C=O) groups is 1. The Morgan fingerprint density at radius 3 is 2.92 bits per heavy atom.